The van der Waals surface area contributed by atoms with Crippen molar-refractivity contribution in [1.82, 2.24) is 5.32 Å². The van der Waals surface area contributed by atoms with E-state index in [0.717, 1.165) is 19.3 Å². The van der Waals surface area contributed by atoms with E-state index in [0.29, 0.717) is 23.6 Å². The smallest absolute Gasteiger partial charge is 0.251 e. The number of hydrogen-bond acceptors (Lipinski definition) is 3. The number of benzene rings is 1. The van der Waals surface area contributed by atoms with Crippen molar-refractivity contribution in [3.63, 3.8) is 0 Å². The molecule has 110 valence electrons. The standard InChI is InChI=1S/C15H20N2O2.ClH/c1-10(18)11-5-7-12(8-6-11)15(19)17-14-4-2-3-13(14)9-16;/h5-8,13-14H,2-4,9,16H2,1H3,(H,17,19);1H. The van der Waals surface area contributed by atoms with Gasteiger partial charge in [-0.3, -0.25) is 9.59 Å². The van der Waals surface area contributed by atoms with Gasteiger partial charge in [0.2, 0.25) is 0 Å². The molecule has 20 heavy (non-hydrogen) atoms. The first kappa shape index (κ1) is 16.7. The SMILES string of the molecule is CC(=O)c1ccc(C(=O)NC2CCCC2CN)cc1.Cl. The molecule has 1 aromatic rings. The molecule has 1 aliphatic rings. The Kier molecular flexibility index (Phi) is 6.17. The number of ketones is 1. The summed E-state index contributed by atoms with van der Waals surface area (Å²) in [5.74, 6) is 0.312. The average Bonchev–Trinajstić information content (AvgIpc) is 2.86. The molecule has 2 rings (SSSR count). The number of halogens is 1. The molecule has 5 heteroatoms. The van der Waals surface area contributed by atoms with Crippen molar-refractivity contribution in [1.29, 1.82) is 0 Å². The molecular weight excluding hydrogens is 276 g/mol. The van der Waals surface area contributed by atoms with Crippen molar-refractivity contribution in [2.24, 2.45) is 11.7 Å². The van der Waals surface area contributed by atoms with E-state index in [4.69, 9.17) is 5.73 Å². The van der Waals surface area contributed by atoms with Gasteiger partial charge in [0.05, 0.1) is 0 Å². The highest BCUT2D eigenvalue weighted by Gasteiger charge is 2.27. The Bertz CT molecular complexity index is 473. The van der Waals surface area contributed by atoms with Crippen LogP contribution >= 0.6 is 12.4 Å². The van der Waals surface area contributed by atoms with Gasteiger partial charge in [-0.2, -0.15) is 0 Å². The van der Waals surface area contributed by atoms with Crippen molar-refractivity contribution in [2.75, 3.05) is 6.54 Å². The molecule has 4 nitrogen and oxygen atoms in total. The summed E-state index contributed by atoms with van der Waals surface area (Å²) in [6.07, 6.45) is 3.21. The van der Waals surface area contributed by atoms with Crippen molar-refractivity contribution in [2.45, 2.75) is 32.2 Å². The van der Waals surface area contributed by atoms with Gasteiger partial charge in [-0.25, -0.2) is 0 Å². The van der Waals surface area contributed by atoms with Crippen molar-refractivity contribution < 1.29 is 9.59 Å². The number of carbonyl (C=O) groups excluding carboxylic acids is 2. The Morgan fingerprint density at radius 3 is 2.35 bits per heavy atom. The number of hydrogen-bond donors (Lipinski definition) is 2. The van der Waals surface area contributed by atoms with Crippen LogP contribution in [0.15, 0.2) is 24.3 Å². The van der Waals surface area contributed by atoms with Crippen molar-refractivity contribution >= 4 is 24.1 Å². The van der Waals surface area contributed by atoms with E-state index in [-0.39, 0.29) is 30.1 Å². The summed E-state index contributed by atoms with van der Waals surface area (Å²) in [5.41, 5.74) is 6.92. The maximum Gasteiger partial charge on any atom is 0.251 e. The minimum absolute atomic E-state index is 0. The van der Waals surface area contributed by atoms with Gasteiger partial charge >= 0.3 is 0 Å². The fourth-order valence-corrected chi connectivity index (χ4v) is 2.62. The van der Waals surface area contributed by atoms with E-state index in [1.54, 1.807) is 24.3 Å². The zero-order valence-corrected chi connectivity index (χ0v) is 12.4. The molecule has 0 aromatic heterocycles. The molecule has 0 bridgehead atoms. The third-order valence-corrected chi connectivity index (χ3v) is 3.83. The number of nitrogens with one attached hydrogen (secondary N) is 1. The van der Waals surface area contributed by atoms with Gasteiger partial charge in [0, 0.05) is 17.2 Å². The summed E-state index contributed by atoms with van der Waals surface area (Å²) in [4.78, 5) is 23.3. The maximum atomic E-state index is 12.1. The largest absolute Gasteiger partial charge is 0.349 e. The number of amides is 1. The first-order chi connectivity index (χ1) is 9.11. The van der Waals surface area contributed by atoms with E-state index in [9.17, 15) is 9.59 Å². The zero-order chi connectivity index (χ0) is 13.8. The molecule has 0 heterocycles. The fraction of sp³-hybridized carbons (Fsp3) is 0.467. The van der Waals surface area contributed by atoms with Crippen LogP contribution in [0.3, 0.4) is 0 Å². The second-order valence-corrected chi connectivity index (χ2v) is 5.14. The predicted molar refractivity (Wildman–Crippen MR) is 81.3 cm³/mol. The lowest BCUT2D eigenvalue weighted by atomic mass is 10.0. The van der Waals surface area contributed by atoms with Gasteiger partial charge < -0.3 is 11.1 Å². The number of Topliss-reactive ketones (excluding diaryl/α,β-unsaturated/α-hetero) is 1. The van der Waals surface area contributed by atoms with Gasteiger partial charge in [-0.15, -0.1) is 12.4 Å². The number of carbonyl (C=O) groups is 2. The van der Waals surface area contributed by atoms with Crippen molar-refractivity contribution in [3.05, 3.63) is 35.4 Å². The molecule has 3 N–H and O–H groups in total. The summed E-state index contributed by atoms with van der Waals surface area (Å²) < 4.78 is 0. The van der Waals surface area contributed by atoms with Gasteiger partial charge in [0.15, 0.2) is 5.78 Å². The lowest BCUT2D eigenvalue weighted by Crippen LogP contribution is -2.39. The Labute approximate surface area is 125 Å². The first-order valence-corrected chi connectivity index (χ1v) is 6.73. The lowest BCUT2D eigenvalue weighted by Gasteiger charge is -2.19. The molecular formula is C15H21ClN2O2. The van der Waals surface area contributed by atoms with Crippen LogP contribution < -0.4 is 11.1 Å². The zero-order valence-electron chi connectivity index (χ0n) is 11.6. The van der Waals surface area contributed by atoms with E-state index < -0.39 is 0 Å². The summed E-state index contributed by atoms with van der Waals surface area (Å²) >= 11 is 0. The highest BCUT2D eigenvalue weighted by molar-refractivity contribution is 5.97. The molecule has 2 unspecified atom stereocenters. The van der Waals surface area contributed by atoms with Gasteiger partial charge in [0.1, 0.15) is 0 Å². The lowest BCUT2D eigenvalue weighted by molar-refractivity contribution is 0.0927. The van der Waals surface area contributed by atoms with Crippen LogP contribution in [-0.4, -0.2) is 24.3 Å². The third kappa shape index (κ3) is 3.81. The fourth-order valence-electron chi connectivity index (χ4n) is 2.62. The third-order valence-electron chi connectivity index (χ3n) is 3.83. The predicted octanol–water partition coefficient (Wildman–Crippen LogP) is 2.17. The molecule has 0 saturated heterocycles. The average molecular weight is 297 g/mol. The van der Waals surface area contributed by atoms with Gasteiger partial charge in [0.25, 0.3) is 5.91 Å². The van der Waals surface area contributed by atoms with Crippen LogP contribution in [0.4, 0.5) is 0 Å². The summed E-state index contributed by atoms with van der Waals surface area (Å²) in [5, 5.41) is 3.04. The second-order valence-electron chi connectivity index (χ2n) is 5.14. The molecule has 1 aliphatic carbocycles. The molecule has 0 radical (unpaired) electrons. The molecule has 1 aromatic carbocycles. The van der Waals surface area contributed by atoms with Crippen LogP contribution in [0.2, 0.25) is 0 Å². The molecule has 2 atom stereocenters. The quantitative estimate of drug-likeness (QED) is 0.836. The Morgan fingerprint density at radius 1 is 1.20 bits per heavy atom. The molecule has 0 spiro atoms. The first-order valence-electron chi connectivity index (χ1n) is 6.73. The van der Waals surface area contributed by atoms with Crippen LogP contribution in [0.5, 0.6) is 0 Å². The molecule has 1 amide bonds. The molecule has 1 fully saturated rings. The van der Waals surface area contributed by atoms with Crippen LogP contribution in [0, 0.1) is 5.92 Å². The van der Waals surface area contributed by atoms with Crippen LogP contribution in [0.25, 0.3) is 0 Å². The van der Waals surface area contributed by atoms with Crippen LogP contribution in [-0.2, 0) is 0 Å². The molecule has 0 aliphatic heterocycles. The maximum absolute atomic E-state index is 12.1. The topological polar surface area (TPSA) is 72.2 Å². The Morgan fingerprint density at radius 2 is 1.80 bits per heavy atom. The monoisotopic (exact) mass is 296 g/mol. The normalized spacial score (nSPS) is 21.1. The van der Waals surface area contributed by atoms with E-state index in [1.165, 1.54) is 6.92 Å². The minimum atomic E-state index is -0.0829. The highest BCUT2D eigenvalue weighted by atomic mass is 35.5. The van der Waals surface area contributed by atoms with Crippen LogP contribution in [0.1, 0.15) is 46.9 Å². The molecule has 1 saturated carbocycles. The number of nitrogens with two attached hydrogens (primary N) is 1. The Hall–Kier alpha value is -1.39. The van der Waals surface area contributed by atoms with E-state index >= 15 is 0 Å². The summed E-state index contributed by atoms with van der Waals surface area (Å²) in [6.45, 7) is 2.13. The van der Waals surface area contributed by atoms with Crippen molar-refractivity contribution in [3.8, 4) is 0 Å². The van der Waals surface area contributed by atoms with E-state index in [2.05, 4.69) is 5.32 Å². The van der Waals surface area contributed by atoms with E-state index in [1.807, 2.05) is 0 Å². The minimum Gasteiger partial charge on any atom is -0.349 e. The summed E-state index contributed by atoms with van der Waals surface area (Å²) in [7, 11) is 0. The second kappa shape index (κ2) is 7.41. The van der Waals surface area contributed by atoms with Gasteiger partial charge in [-0.05, 0) is 44.4 Å². The Balaban J connectivity index is 0.00000200. The van der Waals surface area contributed by atoms with Gasteiger partial charge in [-0.1, -0.05) is 18.6 Å². The highest BCUT2D eigenvalue weighted by Crippen LogP contribution is 2.24. The number of rotatable bonds is 4. The summed E-state index contributed by atoms with van der Waals surface area (Å²) in [6, 6.07) is 6.94.